The first-order chi connectivity index (χ1) is 46.9. The molecule has 5 saturated heterocycles. The molecule has 6 aromatic carbocycles. The van der Waals surface area contributed by atoms with Gasteiger partial charge in [-0.15, -0.1) is 0 Å². The Morgan fingerprint density at radius 1 is 0.402 bits per heavy atom. The Labute approximate surface area is 574 Å². The number of ether oxygens (including phenoxy) is 16. The highest BCUT2D eigenvalue weighted by molar-refractivity contribution is 6.77. The van der Waals surface area contributed by atoms with Crippen LogP contribution in [-0.2, 0) is 125 Å². The lowest BCUT2D eigenvalue weighted by atomic mass is 9.97. The SMILES string of the molecule is CC(=O)O[C@@H]1[C@H](OCc2ccccc2)[C@@H](O[C@@H]2O[C@@H](C)[C@H](O[C@@H]3OC[C@@H](OCc4ccccc4)[C@H](O[C@@H]4OC[C@@H](OCc5ccccc5)[C@H](OCc5ccccc5)[C@H]4OCc4ccccc4)[C@H]3OCc3ccccc3)[C@H]3OC(C)(C)O[C@@H]23)[C@H](O[Si](C(C)C)(C(C)C)C(C)C)O[C@@H]1C. The van der Waals surface area contributed by atoms with E-state index in [1.807, 2.05) is 210 Å². The van der Waals surface area contributed by atoms with Gasteiger partial charge in [0.25, 0.3) is 0 Å². The Morgan fingerprint density at radius 3 is 1.14 bits per heavy atom. The van der Waals surface area contributed by atoms with E-state index in [9.17, 15) is 4.79 Å². The summed E-state index contributed by atoms with van der Waals surface area (Å²) in [4.78, 5) is 13.1. The Balaban J connectivity index is 0.935. The van der Waals surface area contributed by atoms with Crippen LogP contribution in [0.5, 0.6) is 0 Å². The molecule has 0 N–H and O–H groups in total. The van der Waals surface area contributed by atoms with E-state index in [4.69, 9.17) is 80.2 Å². The molecule has 18 atom stereocenters. The van der Waals surface area contributed by atoms with Crippen LogP contribution in [0.1, 0.15) is 110 Å². The number of benzene rings is 6. The molecule has 11 rings (SSSR count). The van der Waals surface area contributed by atoms with Crippen molar-refractivity contribution >= 4 is 14.3 Å². The molecule has 0 saturated carbocycles. The first kappa shape index (κ1) is 72.6. The molecule has 97 heavy (non-hydrogen) atoms. The molecule has 5 fully saturated rings. The van der Waals surface area contributed by atoms with E-state index in [1.54, 1.807) is 0 Å². The van der Waals surface area contributed by atoms with Gasteiger partial charge in [-0.05, 0) is 77.7 Å². The second-order valence-electron chi connectivity index (χ2n) is 27.4. The first-order valence-electron chi connectivity index (χ1n) is 34.6. The fourth-order valence-corrected chi connectivity index (χ4v) is 19.8. The number of carbonyl (C=O) groups is 1. The van der Waals surface area contributed by atoms with E-state index in [2.05, 4.69) is 41.5 Å². The monoisotopic (exact) mass is 1350 g/mol. The molecule has 19 heteroatoms. The van der Waals surface area contributed by atoms with Crippen LogP contribution in [0.2, 0.25) is 16.6 Å². The van der Waals surface area contributed by atoms with Gasteiger partial charge < -0.3 is 80.2 Å². The van der Waals surface area contributed by atoms with Gasteiger partial charge in [0, 0.05) is 6.92 Å². The molecule has 0 radical (unpaired) electrons. The molecule has 524 valence electrons. The highest BCUT2D eigenvalue weighted by atomic mass is 28.4. The number of hydrogen-bond acceptors (Lipinski definition) is 18. The van der Waals surface area contributed by atoms with Crippen molar-refractivity contribution in [2.75, 3.05) is 13.2 Å². The maximum atomic E-state index is 13.1. The topological polar surface area (TPSA) is 174 Å². The highest BCUT2D eigenvalue weighted by Gasteiger charge is 2.61. The summed E-state index contributed by atoms with van der Waals surface area (Å²) in [6.07, 6.45) is -16.0. The maximum Gasteiger partial charge on any atom is 0.303 e. The molecule has 0 aromatic heterocycles. The number of hydrogen-bond donors (Lipinski definition) is 0. The van der Waals surface area contributed by atoms with Crippen molar-refractivity contribution in [1.29, 1.82) is 0 Å². The van der Waals surface area contributed by atoms with Gasteiger partial charge in [-0.25, -0.2) is 0 Å². The highest BCUT2D eigenvalue weighted by Crippen LogP contribution is 2.47. The van der Waals surface area contributed by atoms with E-state index < -0.39 is 131 Å². The normalized spacial score (nSPS) is 30.5. The van der Waals surface area contributed by atoms with Gasteiger partial charge in [0.05, 0.1) is 65.1 Å². The largest absolute Gasteiger partial charge is 0.457 e. The molecule has 5 heterocycles. The summed E-state index contributed by atoms with van der Waals surface area (Å²) in [6, 6.07) is 59.8. The van der Waals surface area contributed by atoms with Gasteiger partial charge in [-0.2, -0.15) is 0 Å². The van der Waals surface area contributed by atoms with Crippen LogP contribution in [0.3, 0.4) is 0 Å². The fourth-order valence-electron chi connectivity index (χ4n) is 14.4. The molecule has 6 aromatic rings. The second-order valence-corrected chi connectivity index (χ2v) is 32.8. The first-order valence-corrected chi connectivity index (χ1v) is 36.7. The zero-order valence-electron chi connectivity index (χ0n) is 58.0. The summed E-state index contributed by atoms with van der Waals surface area (Å²) in [5.41, 5.74) is 6.24. The quantitative estimate of drug-likeness (QED) is 0.0307. The summed E-state index contributed by atoms with van der Waals surface area (Å²) < 4.78 is 120. The van der Waals surface area contributed by atoms with Gasteiger partial charge in [0.1, 0.15) is 67.1 Å². The third-order valence-electron chi connectivity index (χ3n) is 19.0. The minimum absolute atomic E-state index is 0.0142. The van der Waals surface area contributed by atoms with E-state index >= 15 is 0 Å². The number of fused-ring (bicyclic) bond motifs is 1. The van der Waals surface area contributed by atoms with Crippen molar-refractivity contribution in [3.63, 3.8) is 0 Å². The number of carbonyl (C=O) groups excluding carboxylic acids is 1. The predicted octanol–water partition coefficient (Wildman–Crippen LogP) is 13.5. The third kappa shape index (κ3) is 18.5. The Bertz CT molecular complexity index is 3260. The van der Waals surface area contributed by atoms with Gasteiger partial charge in [0.15, 0.2) is 37.1 Å². The van der Waals surface area contributed by atoms with E-state index in [0.29, 0.717) is 6.61 Å². The molecule has 0 spiro atoms. The number of esters is 1. The molecule has 18 nitrogen and oxygen atoms in total. The minimum Gasteiger partial charge on any atom is -0.457 e. The zero-order valence-corrected chi connectivity index (χ0v) is 59.0. The Morgan fingerprint density at radius 2 is 0.732 bits per heavy atom. The Kier molecular flexibility index (Phi) is 25.6. The summed E-state index contributed by atoms with van der Waals surface area (Å²) >= 11 is 0. The number of rotatable bonds is 30. The fraction of sp³-hybridized carbons (Fsp3) is 0.526. The van der Waals surface area contributed by atoms with Crippen LogP contribution in [0.25, 0.3) is 0 Å². The molecular weight excluding hydrogens is 1250 g/mol. The van der Waals surface area contributed by atoms with E-state index in [-0.39, 0.29) is 62.9 Å². The van der Waals surface area contributed by atoms with Crippen LogP contribution in [0, 0.1) is 0 Å². The predicted molar refractivity (Wildman–Crippen MR) is 364 cm³/mol. The van der Waals surface area contributed by atoms with Gasteiger partial charge in [-0.3, -0.25) is 4.79 Å². The van der Waals surface area contributed by atoms with Crippen LogP contribution in [-0.4, -0.2) is 144 Å². The van der Waals surface area contributed by atoms with Crippen LogP contribution >= 0.6 is 0 Å². The van der Waals surface area contributed by atoms with Gasteiger partial charge in [0.2, 0.25) is 8.32 Å². The molecule has 0 bridgehead atoms. The third-order valence-corrected chi connectivity index (χ3v) is 25.1. The minimum atomic E-state index is -2.72. The second kappa shape index (κ2) is 34.2. The molecule has 0 amide bonds. The summed E-state index contributed by atoms with van der Waals surface area (Å²) in [6.45, 7) is 23.7. The lowest BCUT2D eigenvalue weighted by molar-refractivity contribution is -0.377. The lowest BCUT2D eigenvalue weighted by Gasteiger charge is -2.52. The molecular formula is C78H100O18Si. The molecule has 0 unspecified atom stereocenters. The molecule has 5 aliphatic rings. The maximum absolute atomic E-state index is 13.1. The van der Waals surface area contributed by atoms with Crippen molar-refractivity contribution in [1.82, 2.24) is 0 Å². The summed E-state index contributed by atoms with van der Waals surface area (Å²) in [7, 11) is -2.72. The van der Waals surface area contributed by atoms with Crippen molar-refractivity contribution < 1.29 is 85.0 Å². The van der Waals surface area contributed by atoms with Crippen molar-refractivity contribution in [3.05, 3.63) is 215 Å². The summed E-state index contributed by atoms with van der Waals surface area (Å²) in [5.74, 6) is -1.65. The van der Waals surface area contributed by atoms with Gasteiger partial charge >= 0.3 is 5.97 Å². The van der Waals surface area contributed by atoms with Crippen molar-refractivity contribution in [2.45, 2.75) is 249 Å². The molecule has 5 aliphatic heterocycles. The molecule has 0 aliphatic carbocycles. The van der Waals surface area contributed by atoms with Crippen LogP contribution in [0.15, 0.2) is 182 Å². The average Bonchev–Trinajstić information content (AvgIpc) is 1.74. The standard InChI is InChI=1S/C78H100O18Si/c1-50(2)97(51(3)4,52(5)6)96-77-72(68(64(53(7)89-77)90-55(9)79)83-45-59-36-24-15-25-37-59)93-76-73-69(94-78(10,11)95-73)65(54(8)88-76)91-75-71(85-47-61-40-28-17-29-41-61)67(63(49-87-75)81-43-57-32-20-13-21-33-57)92-74-70(84-46-60-38-26-16-27-39-60)66(82-44-58-34-22-14-23-35-58)62(48-86-74)80-42-56-30-18-12-19-31-56/h12-41,50-54,62-77H,42-49H2,1-11H3/t53-,54+,62-,63-,64+,65+,66+,67+,68+,69-,70-,71-,72-,73-,74+,75+,76+,77+/m1/s1. The van der Waals surface area contributed by atoms with E-state index in [0.717, 1.165) is 33.4 Å². The van der Waals surface area contributed by atoms with Crippen molar-refractivity contribution in [2.24, 2.45) is 0 Å². The van der Waals surface area contributed by atoms with Crippen molar-refractivity contribution in [3.8, 4) is 0 Å². The summed E-state index contributed by atoms with van der Waals surface area (Å²) in [5, 5.41) is 0. The smallest absolute Gasteiger partial charge is 0.303 e. The van der Waals surface area contributed by atoms with Crippen LogP contribution < -0.4 is 0 Å². The van der Waals surface area contributed by atoms with Gasteiger partial charge in [-0.1, -0.05) is 224 Å². The zero-order chi connectivity index (χ0) is 68.1. The Hall–Kier alpha value is -5.63. The average molecular weight is 1350 g/mol. The van der Waals surface area contributed by atoms with E-state index in [1.165, 1.54) is 6.92 Å². The lowest BCUT2D eigenvalue weighted by Crippen LogP contribution is -2.67. The van der Waals surface area contributed by atoms with Crippen LogP contribution in [0.4, 0.5) is 0 Å².